The van der Waals surface area contributed by atoms with Gasteiger partial charge >= 0.3 is 0 Å². The molecule has 1 fully saturated rings. The second kappa shape index (κ2) is 7.46. The second-order valence-electron chi connectivity index (χ2n) is 6.02. The van der Waals surface area contributed by atoms with E-state index in [2.05, 4.69) is 24.8 Å². The van der Waals surface area contributed by atoms with Crippen molar-refractivity contribution < 1.29 is 9.53 Å². The number of aromatic nitrogens is 3. The number of hydrogen-bond acceptors (Lipinski definition) is 7. The predicted molar refractivity (Wildman–Crippen MR) is 96.6 cm³/mol. The van der Waals surface area contributed by atoms with Crippen LogP contribution in [0.5, 0.6) is 5.88 Å². The number of aryl methyl sites for hydroxylation is 1. The quantitative estimate of drug-likeness (QED) is 0.771. The monoisotopic (exact) mass is 341 g/mol. The van der Waals surface area contributed by atoms with E-state index in [0.29, 0.717) is 24.0 Å². The third kappa shape index (κ3) is 4.04. The third-order valence-electron chi connectivity index (χ3n) is 4.15. The maximum Gasteiger partial charge on any atom is 0.228 e. The number of Topliss-reactive ketones (excluding diaryl/α,β-unsaturated/α-hetero) is 1. The molecule has 132 valence electrons. The Hall–Kier alpha value is -2.70. The third-order valence-corrected chi connectivity index (χ3v) is 4.15. The smallest absolute Gasteiger partial charge is 0.228 e. The maximum atomic E-state index is 11.3. The van der Waals surface area contributed by atoms with Gasteiger partial charge in [0.2, 0.25) is 11.8 Å². The Balaban J connectivity index is 1.66. The van der Waals surface area contributed by atoms with E-state index in [4.69, 9.17) is 4.74 Å². The SMILES string of the molecule is CCOc1cc(C)nc(N2CCN(c3ccc(C(C)=O)cn3)CC2)n1. The van der Waals surface area contributed by atoms with Crippen LogP contribution in [-0.4, -0.2) is 53.5 Å². The van der Waals surface area contributed by atoms with E-state index in [1.807, 2.05) is 32.0 Å². The van der Waals surface area contributed by atoms with Crippen LogP contribution in [0.1, 0.15) is 29.9 Å². The molecule has 0 saturated carbocycles. The first-order valence-corrected chi connectivity index (χ1v) is 8.52. The van der Waals surface area contributed by atoms with Crippen LogP contribution in [-0.2, 0) is 0 Å². The van der Waals surface area contributed by atoms with Crippen molar-refractivity contribution in [1.29, 1.82) is 0 Å². The number of nitrogens with zero attached hydrogens (tertiary/aromatic N) is 5. The lowest BCUT2D eigenvalue weighted by Crippen LogP contribution is -2.47. The van der Waals surface area contributed by atoms with Crippen molar-refractivity contribution in [2.24, 2.45) is 0 Å². The van der Waals surface area contributed by atoms with Crippen LogP contribution in [0.4, 0.5) is 11.8 Å². The first kappa shape index (κ1) is 17.1. The lowest BCUT2D eigenvalue weighted by molar-refractivity contribution is 0.101. The molecule has 25 heavy (non-hydrogen) atoms. The Labute approximate surface area is 147 Å². The lowest BCUT2D eigenvalue weighted by Gasteiger charge is -2.35. The summed E-state index contributed by atoms with van der Waals surface area (Å²) < 4.78 is 5.51. The maximum absolute atomic E-state index is 11.3. The minimum atomic E-state index is 0.0329. The van der Waals surface area contributed by atoms with Crippen molar-refractivity contribution in [2.75, 3.05) is 42.6 Å². The number of rotatable bonds is 5. The molecule has 0 amide bonds. The molecular formula is C18H23N5O2. The van der Waals surface area contributed by atoms with Gasteiger partial charge in [-0.05, 0) is 32.9 Å². The van der Waals surface area contributed by atoms with Crippen molar-refractivity contribution in [3.63, 3.8) is 0 Å². The molecule has 1 aliphatic heterocycles. The van der Waals surface area contributed by atoms with Crippen LogP contribution in [0, 0.1) is 6.92 Å². The van der Waals surface area contributed by atoms with E-state index >= 15 is 0 Å². The fraction of sp³-hybridized carbons (Fsp3) is 0.444. The summed E-state index contributed by atoms with van der Waals surface area (Å²) in [6.45, 7) is 9.31. The number of carbonyl (C=O) groups excluding carboxylic acids is 1. The van der Waals surface area contributed by atoms with Gasteiger partial charge in [0.05, 0.1) is 6.61 Å². The van der Waals surface area contributed by atoms with Crippen LogP contribution in [0.15, 0.2) is 24.4 Å². The topological polar surface area (TPSA) is 71.5 Å². The molecule has 7 nitrogen and oxygen atoms in total. The molecule has 0 spiro atoms. The molecule has 7 heteroatoms. The molecule has 3 rings (SSSR count). The van der Waals surface area contributed by atoms with Gasteiger partial charge in [-0.25, -0.2) is 9.97 Å². The van der Waals surface area contributed by atoms with Gasteiger partial charge in [-0.15, -0.1) is 0 Å². The normalized spacial score (nSPS) is 14.5. The molecule has 0 aliphatic carbocycles. The molecule has 3 heterocycles. The largest absolute Gasteiger partial charge is 0.478 e. The average molecular weight is 341 g/mol. The fourth-order valence-corrected chi connectivity index (χ4v) is 2.80. The van der Waals surface area contributed by atoms with Crippen LogP contribution >= 0.6 is 0 Å². The first-order valence-electron chi connectivity index (χ1n) is 8.52. The Kier molecular flexibility index (Phi) is 5.11. The van der Waals surface area contributed by atoms with Crippen molar-refractivity contribution in [1.82, 2.24) is 15.0 Å². The van der Waals surface area contributed by atoms with Gasteiger partial charge in [-0.1, -0.05) is 0 Å². The van der Waals surface area contributed by atoms with Gasteiger partial charge in [0.25, 0.3) is 0 Å². The zero-order valence-corrected chi connectivity index (χ0v) is 14.9. The highest BCUT2D eigenvalue weighted by Gasteiger charge is 2.21. The van der Waals surface area contributed by atoms with Crippen molar-refractivity contribution in [3.8, 4) is 5.88 Å². The fourth-order valence-electron chi connectivity index (χ4n) is 2.80. The molecule has 0 unspecified atom stereocenters. The zero-order valence-electron chi connectivity index (χ0n) is 14.9. The Morgan fingerprint density at radius 3 is 2.48 bits per heavy atom. The summed E-state index contributed by atoms with van der Waals surface area (Å²) in [6, 6.07) is 5.58. The number of piperazine rings is 1. The zero-order chi connectivity index (χ0) is 17.8. The Bertz CT molecular complexity index is 740. The van der Waals surface area contributed by atoms with E-state index in [-0.39, 0.29) is 5.78 Å². The van der Waals surface area contributed by atoms with Gasteiger partial charge in [0.1, 0.15) is 5.82 Å². The highest BCUT2D eigenvalue weighted by Crippen LogP contribution is 2.19. The number of ether oxygens (including phenoxy) is 1. The van der Waals surface area contributed by atoms with Crippen molar-refractivity contribution in [2.45, 2.75) is 20.8 Å². The van der Waals surface area contributed by atoms with Crippen LogP contribution < -0.4 is 14.5 Å². The highest BCUT2D eigenvalue weighted by molar-refractivity contribution is 5.93. The molecule has 0 N–H and O–H groups in total. The van der Waals surface area contributed by atoms with Crippen molar-refractivity contribution >= 4 is 17.5 Å². The van der Waals surface area contributed by atoms with Gasteiger partial charge in [-0.2, -0.15) is 4.98 Å². The number of anilines is 2. The summed E-state index contributed by atoms with van der Waals surface area (Å²) in [5.74, 6) is 2.26. The number of pyridine rings is 1. The molecule has 1 aliphatic rings. The van der Waals surface area contributed by atoms with E-state index in [1.165, 1.54) is 0 Å². The van der Waals surface area contributed by atoms with Crippen molar-refractivity contribution in [3.05, 3.63) is 35.7 Å². The van der Waals surface area contributed by atoms with E-state index < -0.39 is 0 Å². The van der Waals surface area contributed by atoms with Gasteiger partial charge < -0.3 is 14.5 Å². The standard InChI is InChI=1S/C18H23N5O2/c1-4-25-17-11-13(2)20-18(21-17)23-9-7-22(8-10-23)16-6-5-15(12-19-16)14(3)24/h5-6,11-12H,4,7-10H2,1-3H3. The second-order valence-corrected chi connectivity index (χ2v) is 6.02. The molecule has 0 radical (unpaired) electrons. The summed E-state index contributed by atoms with van der Waals surface area (Å²) in [4.78, 5) is 29.2. The van der Waals surface area contributed by atoms with E-state index in [0.717, 1.165) is 37.7 Å². The molecular weight excluding hydrogens is 318 g/mol. The number of ketones is 1. The molecule has 1 saturated heterocycles. The van der Waals surface area contributed by atoms with Crippen LogP contribution in [0.3, 0.4) is 0 Å². The minimum Gasteiger partial charge on any atom is -0.478 e. The Morgan fingerprint density at radius 1 is 1.16 bits per heavy atom. The molecule has 2 aromatic heterocycles. The summed E-state index contributed by atoms with van der Waals surface area (Å²) >= 11 is 0. The highest BCUT2D eigenvalue weighted by atomic mass is 16.5. The average Bonchev–Trinajstić information content (AvgIpc) is 2.62. The molecule has 2 aromatic rings. The minimum absolute atomic E-state index is 0.0329. The van der Waals surface area contributed by atoms with E-state index in [9.17, 15) is 4.79 Å². The number of hydrogen-bond donors (Lipinski definition) is 0. The molecule has 0 atom stereocenters. The van der Waals surface area contributed by atoms with E-state index in [1.54, 1.807) is 13.1 Å². The summed E-state index contributed by atoms with van der Waals surface area (Å²) in [7, 11) is 0. The van der Waals surface area contributed by atoms with Gasteiger partial charge in [-0.3, -0.25) is 4.79 Å². The summed E-state index contributed by atoms with van der Waals surface area (Å²) in [5, 5.41) is 0. The molecule has 0 bridgehead atoms. The van der Waals surface area contributed by atoms with Gasteiger partial charge in [0.15, 0.2) is 5.78 Å². The first-order chi connectivity index (χ1) is 12.1. The van der Waals surface area contributed by atoms with Crippen LogP contribution in [0.25, 0.3) is 0 Å². The summed E-state index contributed by atoms with van der Waals surface area (Å²) in [5.41, 5.74) is 1.54. The van der Waals surface area contributed by atoms with Crippen LogP contribution in [0.2, 0.25) is 0 Å². The molecule has 0 aromatic carbocycles. The summed E-state index contributed by atoms with van der Waals surface area (Å²) in [6.07, 6.45) is 1.64. The predicted octanol–water partition coefficient (Wildman–Crippen LogP) is 2.11. The number of carbonyl (C=O) groups is 1. The lowest BCUT2D eigenvalue weighted by atomic mass is 10.2. The van der Waals surface area contributed by atoms with Gasteiger partial charge in [0, 0.05) is 49.7 Å². The Morgan fingerprint density at radius 2 is 1.88 bits per heavy atom.